The molecule has 7 heteroatoms. The first-order valence-corrected chi connectivity index (χ1v) is 8.22. The van der Waals surface area contributed by atoms with Crippen molar-refractivity contribution >= 4 is 28.9 Å². The fourth-order valence-corrected chi connectivity index (χ4v) is 2.33. The van der Waals surface area contributed by atoms with Crippen LogP contribution in [0.1, 0.15) is 27.8 Å². The SMILES string of the molecule is COc1ccc(Nc2ccc(C(=O)Nc3ccc(C(C)=O)cc3)nn2)cc1. The van der Waals surface area contributed by atoms with E-state index in [9.17, 15) is 9.59 Å². The number of amides is 1. The zero-order valence-corrected chi connectivity index (χ0v) is 14.9. The molecule has 0 saturated heterocycles. The Morgan fingerprint density at radius 2 is 1.52 bits per heavy atom. The van der Waals surface area contributed by atoms with Crippen LogP contribution in [0.15, 0.2) is 60.7 Å². The number of hydrogen-bond acceptors (Lipinski definition) is 6. The number of rotatable bonds is 6. The highest BCUT2D eigenvalue weighted by atomic mass is 16.5. The summed E-state index contributed by atoms with van der Waals surface area (Å²) in [7, 11) is 1.61. The molecular formula is C20H18N4O3. The van der Waals surface area contributed by atoms with Gasteiger partial charge in [0.15, 0.2) is 17.3 Å². The summed E-state index contributed by atoms with van der Waals surface area (Å²) in [5, 5.41) is 13.8. The monoisotopic (exact) mass is 362 g/mol. The first kappa shape index (κ1) is 18.1. The van der Waals surface area contributed by atoms with E-state index in [0.29, 0.717) is 17.1 Å². The molecule has 3 rings (SSSR count). The normalized spacial score (nSPS) is 10.1. The highest BCUT2D eigenvalue weighted by Crippen LogP contribution is 2.18. The summed E-state index contributed by atoms with van der Waals surface area (Å²) in [6.07, 6.45) is 0. The van der Waals surface area contributed by atoms with Crippen LogP contribution in [-0.4, -0.2) is 29.0 Å². The van der Waals surface area contributed by atoms with Gasteiger partial charge in [0.1, 0.15) is 5.75 Å². The van der Waals surface area contributed by atoms with Gasteiger partial charge in [-0.15, -0.1) is 10.2 Å². The number of hydrogen-bond donors (Lipinski definition) is 2. The minimum absolute atomic E-state index is 0.0290. The van der Waals surface area contributed by atoms with Gasteiger partial charge in [0.05, 0.1) is 7.11 Å². The van der Waals surface area contributed by atoms with Crippen molar-refractivity contribution in [3.63, 3.8) is 0 Å². The molecule has 1 amide bonds. The van der Waals surface area contributed by atoms with Crippen LogP contribution in [0.3, 0.4) is 0 Å². The molecule has 136 valence electrons. The van der Waals surface area contributed by atoms with Crippen LogP contribution in [0, 0.1) is 0 Å². The first-order valence-electron chi connectivity index (χ1n) is 8.22. The van der Waals surface area contributed by atoms with Crippen molar-refractivity contribution in [3.05, 3.63) is 71.9 Å². The average molecular weight is 362 g/mol. The van der Waals surface area contributed by atoms with Crippen molar-refractivity contribution in [1.82, 2.24) is 10.2 Å². The van der Waals surface area contributed by atoms with E-state index in [-0.39, 0.29) is 17.4 Å². The predicted molar refractivity (Wildman–Crippen MR) is 103 cm³/mol. The number of aromatic nitrogens is 2. The van der Waals surface area contributed by atoms with Gasteiger partial charge < -0.3 is 15.4 Å². The topological polar surface area (TPSA) is 93.2 Å². The van der Waals surface area contributed by atoms with Crippen LogP contribution in [0.2, 0.25) is 0 Å². The molecule has 7 nitrogen and oxygen atoms in total. The van der Waals surface area contributed by atoms with Crippen molar-refractivity contribution in [3.8, 4) is 5.75 Å². The highest BCUT2D eigenvalue weighted by Gasteiger charge is 2.09. The number of nitrogens with zero attached hydrogens (tertiary/aromatic N) is 2. The third-order valence-electron chi connectivity index (χ3n) is 3.81. The molecule has 0 bridgehead atoms. The second-order valence-corrected chi connectivity index (χ2v) is 5.74. The summed E-state index contributed by atoms with van der Waals surface area (Å²) >= 11 is 0. The van der Waals surface area contributed by atoms with Crippen molar-refractivity contribution in [2.75, 3.05) is 17.7 Å². The summed E-state index contributed by atoms with van der Waals surface area (Å²) < 4.78 is 5.11. The molecule has 0 spiro atoms. The summed E-state index contributed by atoms with van der Waals surface area (Å²) in [5.41, 5.74) is 2.17. The Balaban J connectivity index is 1.63. The molecule has 0 aliphatic rings. The smallest absolute Gasteiger partial charge is 0.276 e. The van der Waals surface area contributed by atoms with Gasteiger partial charge in [0, 0.05) is 16.9 Å². The van der Waals surface area contributed by atoms with Gasteiger partial charge in [0.2, 0.25) is 0 Å². The summed E-state index contributed by atoms with van der Waals surface area (Å²) in [6.45, 7) is 1.49. The number of anilines is 3. The fraction of sp³-hybridized carbons (Fsp3) is 0.100. The second kappa shape index (κ2) is 8.09. The fourth-order valence-electron chi connectivity index (χ4n) is 2.33. The number of methoxy groups -OCH3 is 1. The van der Waals surface area contributed by atoms with Gasteiger partial charge in [-0.2, -0.15) is 0 Å². The summed E-state index contributed by atoms with van der Waals surface area (Å²) in [4.78, 5) is 23.5. The molecule has 0 aliphatic heterocycles. The number of nitrogens with one attached hydrogen (secondary N) is 2. The third kappa shape index (κ3) is 4.66. The molecule has 0 fully saturated rings. The molecule has 0 atom stereocenters. The van der Waals surface area contributed by atoms with Gasteiger partial charge in [-0.25, -0.2) is 0 Å². The Morgan fingerprint density at radius 3 is 2.07 bits per heavy atom. The molecule has 0 unspecified atom stereocenters. The van der Waals surface area contributed by atoms with Gasteiger partial charge >= 0.3 is 0 Å². The van der Waals surface area contributed by atoms with E-state index >= 15 is 0 Å². The van der Waals surface area contributed by atoms with Crippen molar-refractivity contribution in [2.45, 2.75) is 6.92 Å². The molecule has 0 aliphatic carbocycles. The van der Waals surface area contributed by atoms with Crippen molar-refractivity contribution in [1.29, 1.82) is 0 Å². The minimum atomic E-state index is -0.380. The Labute approximate surface area is 156 Å². The van der Waals surface area contributed by atoms with E-state index in [1.807, 2.05) is 24.3 Å². The maximum Gasteiger partial charge on any atom is 0.276 e. The predicted octanol–water partition coefficient (Wildman–Crippen LogP) is 3.68. The lowest BCUT2D eigenvalue weighted by Crippen LogP contribution is -2.14. The summed E-state index contributed by atoms with van der Waals surface area (Å²) in [6, 6.07) is 17.3. The molecule has 0 radical (unpaired) electrons. The average Bonchev–Trinajstić information content (AvgIpc) is 2.69. The second-order valence-electron chi connectivity index (χ2n) is 5.74. The largest absolute Gasteiger partial charge is 0.497 e. The van der Waals surface area contributed by atoms with E-state index in [1.54, 1.807) is 43.5 Å². The highest BCUT2D eigenvalue weighted by molar-refractivity contribution is 6.03. The number of ketones is 1. The van der Waals surface area contributed by atoms with Crippen LogP contribution in [0.4, 0.5) is 17.2 Å². The molecule has 2 N–H and O–H groups in total. The lowest BCUT2D eigenvalue weighted by atomic mass is 10.1. The molecule has 27 heavy (non-hydrogen) atoms. The third-order valence-corrected chi connectivity index (χ3v) is 3.81. The lowest BCUT2D eigenvalue weighted by molar-refractivity contribution is 0.101. The van der Waals surface area contributed by atoms with Gasteiger partial charge in [-0.05, 0) is 67.6 Å². The van der Waals surface area contributed by atoms with E-state index in [2.05, 4.69) is 20.8 Å². The van der Waals surface area contributed by atoms with Gasteiger partial charge in [-0.3, -0.25) is 9.59 Å². The molecule has 2 aromatic carbocycles. The maximum atomic E-state index is 12.3. The molecule has 1 aromatic heterocycles. The zero-order chi connectivity index (χ0) is 19.2. The number of benzene rings is 2. The number of Topliss-reactive ketones (excluding diaryl/α,β-unsaturated/α-hetero) is 1. The standard InChI is InChI=1S/C20H18N4O3/c1-13(25)14-3-5-16(6-4-14)22-20(26)18-11-12-19(24-23-18)21-15-7-9-17(27-2)10-8-15/h3-12H,1-2H3,(H,21,24)(H,22,26). The van der Waals surface area contributed by atoms with E-state index in [4.69, 9.17) is 4.74 Å². The van der Waals surface area contributed by atoms with E-state index in [1.165, 1.54) is 6.92 Å². The molecule has 0 saturated carbocycles. The minimum Gasteiger partial charge on any atom is -0.497 e. The lowest BCUT2D eigenvalue weighted by Gasteiger charge is -2.07. The van der Waals surface area contributed by atoms with Crippen LogP contribution in [0.5, 0.6) is 5.75 Å². The number of carbonyl (C=O) groups excluding carboxylic acids is 2. The van der Waals surface area contributed by atoms with Crippen molar-refractivity contribution < 1.29 is 14.3 Å². The Bertz CT molecular complexity index is 936. The van der Waals surface area contributed by atoms with Crippen LogP contribution < -0.4 is 15.4 Å². The van der Waals surface area contributed by atoms with E-state index in [0.717, 1.165) is 11.4 Å². The number of ether oxygens (including phenoxy) is 1. The van der Waals surface area contributed by atoms with Gasteiger partial charge in [0.25, 0.3) is 5.91 Å². The van der Waals surface area contributed by atoms with E-state index < -0.39 is 0 Å². The maximum absolute atomic E-state index is 12.3. The zero-order valence-electron chi connectivity index (χ0n) is 14.9. The van der Waals surface area contributed by atoms with Crippen LogP contribution in [-0.2, 0) is 0 Å². The Kier molecular flexibility index (Phi) is 5.41. The summed E-state index contributed by atoms with van der Waals surface area (Å²) in [5.74, 6) is 0.866. The quantitative estimate of drug-likeness (QED) is 0.650. The van der Waals surface area contributed by atoms with Crippen molar-refractivity contribution in [2.24, 2.45) is 0 Å². The van der Waals surface area contributed by atoms with Gasteiger partial charge in [-0.1, -0.05) is 0 Å². The molecule has 3 aromatic rings. The number of carbonyl (C=O) groups is 2. The van der Waals surface area contributed by atoms with Crippen LogP contribution >= 0.6 is 0 Å². The Hall–Kier alpha value is -3.74. The molecular weight excluding hydrogens is 344 g/mol. The van der Waals surface area contributed by atoms with Crippen LogP contribution in [0.25, 0.3) is 0 Å². The Morgan fingerprint density at radius 1 is 0.852 bits per heavy atom. The molecule has 1 heterocycles. The first-order chi connectivity index (χ1) is 13.0.